The number of oxazole rings is 1. The number of hydrogen-bond acceptors (Lipinski definition) is 9. The monoisotopic (exact) mass is 473 g/mol. The van der Waals surface area contributed by atoms with Crippen molar-refractivity contribution in [3.05, 3.63) is 30.5 Å². The van der Waals surface area contributed by atoms with Gasteiger partial charge in [-0.25, -0.2) is 9.97 Å². The lowest BCUT2D eigenvalue weighted by Crippen LogP contribution is -2.41. The van der Waals surface area contributed by atoms with E-state index in [4.69, 9.17) is 14.1 Å². The highest BCUT2D eigenvalue weighted by Crippen LogP contribution is 2.39. The molecule has 2 fully saturated rings. The molecule has 1 amide bonds. The Labute approximate surface area is 202 Å². The van der Waals surface area contributed by atoms with E-state index in [0.29, 0.717) is 46.7 Å². The van der Waals surface area contributed by atoms with Crippen LogP contribution in [0, 0.1) is 11.8 Å². The normalized spacial score (nSPS) is 21.9. The van der Waals surface area contributed by atoms with Crippen molar-refractivity contribution in [1.29, 1.82) is 0 Å². The highest BCUT2D eigenvalue weighted by molar-refractivity contribution is 6.01. The lowest BCUT2D eigenvalue weighted by molar-refractivity contribution is -0.117. The smallest absolute Gasteiger partial charge is 0.229 e. The molecule has 2 aliphatic rings. The van der Waals surface area contributed by atoms with Crippen molar-refractivity contribution in [2.24, 2.45) is 11.8 Å². The van der Waals surface area contributed by atoms with Crippen LogP contribution in [0.15, 0.2) is 34.9 Å². The highest BCUT2D eigenvalue weighted by atomic mass is 16.5. The number of rotatable bonds is 5. The minimum atomic E-state index is -0.0255. The first-order chi connectivity index (χ1) is 17.0. The van der Waals surface area contributed by atoms with E-state index in [1.807, 2.05) is 18.2 Å². The van der Waals surface area contributed by atoms with E-state index in [2.05, 4.69) is 44.6 Å². The van der Waals surface area contributed by atoms with Crippen LogP contribution >= 0.6 is 0 Å². The van der Waals surface area contributed by atoms with Crippen LogP contribution in [-0.2, 0) is 9.53 Å². The first kappa shape index (κ1) is 21.7. The fraction of sp³-hybridized carbons (Fsp3) is 0.400. The summed E-state index contributed by atoms with van der Waals surface area (Å²) in [5.41, 5.74) is 3.80. The maximum absolute atomic E-state index is 12.5. The second kappa shape index (κ2) is 8.46. The average molecular weight is 474 g/mol. The summed E-state index contributed by atoms with van der Waals surface area (Å²) in [6.45, 7) is 6.53. The summed E-state index contributed by atoms with van der Waals surface area (Å²) < 4.78 is 11.8. The van der Waals surface area contributed by atoms with Gasteiger partial charge in [0.25, 0.3) is 0 Å². The lowest BCUT2D eigenvalue weighted by atomic mass is 10.1. The molecule has 6 rings (SSSR count). The van der Waals surface area contributed by atoms with Gasteiger partial charge in [0, 0.05) is 43.3 Å². The molecule has 1 saturated heterocycles. The second-order valence-electron chi connectivity index (χ2n) is 9.37. The molecule has 1 aliphatic carbocycles. The number of fused-ring (bicyclic) bond motifs is 2. The second-order valence-corrected chi connectivity index (χ2v) is 9.37. The number of anilines is 3. The molecule has 4 heterocycles. The Kier molecular flexibility index (Phi) is 5.25. The number of nitrogens with zero attached hydrogens (tertiary/aromatic N) is 5. The molecule has 35 heavy (non-hydrogen) atoms. The van der Waals surface area contributed by atoms with Crippen LogP contribution in [0.25, 0.3) is 33.5 Å². The summed E-state index contributed by atoms with van der Waals surface area (Å²) in [7, 11) is 1.78. The molecule has 2 N–H and O–H groups in total. The van der Waals surface area contributed by atoms with E-state index in [-0.39, 0.29) is 17.9 Å². The Morgan fingerprint density at radius 3 is 2.83 bits per heavy atom. The predicted octanol–water partition coefficient (Wildman–Crippen LogP) is 3.69. The molecule has 1 saturated carbocycles. The van der Waals surface area contributed by atoms with Gasteiger partial charge in [0.05, 0.1) is 18.3 Å². The fourth-order valence-electron chi connectivity index (χ4n) is 4.63. The molecule has 10 nitrogen and oxygen atoms in total. The standard InChI is InChI=1S/C25H27N7O3/c1-13-8-16(13)24(33)29-21-10-17-18(11-27-23(26-3)22(17)31-30-21)25-28-19-9-15(4-5-20(19)35-25)32-6-7-34-14(2)12-32/h4-5,9-11,13-14,16H,6-8,12H2,1-3H3,(H,26,27)(H,29,30,33)/t13-,14?,16+/m1/s1. The number of amides is 1. The molecular formula is C25H27N7O3. The number of ether oxygens (including phenoxy) is 1. The molecule has 1 aromatic carbocycles. The van der Waals surface area contributed by atoms with Crippen LogP contribution < -0.4 is 15.5 Å². The molecule has 0 bridgehead atoms. The molecule has 0 radical (unpaired) electrons. The quantitative estimate of drug-likeness (QED) is 0.447. The van der Waals surface area contributed by atoms with Crippen molar-refractivity contribution in [2.75, 3.05) is 42.3 Å². The number of carbonyl (C=O) groups excluding carboxylic acids is 1. The Balaban J connectivity index is 1.39. The van der Waals surface area contributed by atoms with Gasteiger partial charge >= 0.3 is 0 Å². The Hall–Kier alpha value is -3.79. The van der Waals surface area contributed by atoms with Gasteiger partial charge in [-0.1, -0.05) is 6.92 Å². The molecule has 3 aromatic heterocycles. The number of benzene rings is 1. The number of nitrogens with one attached hydrogen (secondary N) is 2. The molecule has 10 heteroatoms. The maximum Gasteiger partial charge on any atom is 0.229 e. The zero-order valence-corrected chi connectivity index (χ0v) is 19.9. The number of pyridine rings is 1. The molecule has 4 aromatic rings. The van der Waals surface area contributed by atoms with Crippen LogP contribution in [0.2, 0.25) is 0 Å². The molecule has 0 spiro atoms. The molecular weight excluding hydrogens is 446 g/mol. The van der Waals surface area contributed by atoms with Crippen molar-refractivity contribution in [1.82, 2.24) is 20.2 Å². The Morgan fingerprint density at radius 2 is 2.06 bits per heavy atom. The summed E-state index contributed by atoms with van der Waals surface area (Å²) in [6, 6.07) is 7.84. The number of morpholine rings is 1. The van der Waals surface area contributed by atoms with Gasteiger partial charge in [-0.2, -0.15) is 0 Å². The summed E-state index contributed by atoms with van der Waals surface area (Å²) in [5, 5.41) is 15.2. The summed E-state index contributed by atoms with van der Waals surface area (Å²) in [5.74, 6) is 1.85. The number of carbonyl (C=O) groups is 1. The summed E-state index contributed by atoms with van der Waals surface area (Å²) in [4.78, 5) is 24.0. The van der Waals surface area contributed by atoms with Crippen molar-refractivity contribution in [2.45, 2.75) is 26.4 Å². The van der Waals surface area contributed by atoms with Crippen LogP contribution in [0.3, 0.4) is 0 Å². The van der Waals surface area contributed by atoms with Gasteiger partial charge < -0.3 is 24.7 Å². The number of hydrogen-bond donors (Lipinski definition) is 2. The first-order valence-corrected chi connectivity index (χ1v) is 11.9. The average Bonchev–Trinajstić information content (AvgIpc) is 3.45. The minimum Gasteiger partial charge on any atom is -0.436 e. The highest BCUT2D eigenvalue weighted by Gasteiger charge is 2.39. The summed E-state index contributed by atoms with van der Waals surface area (Å²) in [6.07, 6.45) is 2.80. The van der Waals surface area contributed by atoms with E-state index >= 15 is 0 Å². The van der Waals surface area contributed by atoms with E-state index in [0.717, 1.165) is 36.1 Å². The van der Waals surface area contributed by atoms with Crippen LogP contribution in [0.4, 0.5) is 17.3 Å². The zero-order chi connectivity index (χ0) is 24.1. The Bertz CT molecular complexity index is 1440. The SMILES string of the molecule is CNc1ncc(-c2nc3cc(N4CCOC(C)C4)ccc3o2)c2cc(NC(=O)[C@H]3C[C@H]3C)nnc12. The van der Waals surface area contributed by atoms with Crippen molar-refractivity contribution in [3.63, 3.8) is 0 Å². The van der Waals surface area contributed by atoms with Gasteiger partial charge in [0.2, 0.25) is 11.8 Å². The summed E-state index contributed by atoms with van der Waals surface area (Å²) >= 11 is 0. The fourth-order valence-corrected chi connectivity index (χ4v) is 4.63. The van der Waals surface area contributed by atoms with E-state index < -0.39 is 0 Å². The lowest BCUT2D eigenvalue weighted by Gasteiger charge is -2.32. The van der Waals surface area contributed by atoms with Gasteiger partial charge in [-0.05, 0) is 43.5 Å². The molecule has 1 unspecified atom stereocenters. The third-order valence-electron chi connectivity index (χ3n) is 6.77. The first-order valence-electron chi connectivity index (χ1n) is 11.9. The third kappa shape index (κ3) is 4.03. The predicted molar refractivity (Wildman–Crippen MR) is 133 cm³/mol. The van der Waals surface area contributed by atoms with Gasteiger partial charge in [-0.15, -0.1) is 10.2 Å². The number of aromatic nitrogens is 4. The van der Waals surface area contributed by atoms with Crippen LogP contribution in [0.5, 0.6) is 0 Å². The van der Waals surface area contributed by atoms with Crippen molar-refractivity contribution in [3.8, 4) is 11.5 Å². The van der Waals surface area contributed by atoms with Gasteiger partial charge in [0.15, 0.2) is 17.2 Å². The molecule has 1 aliphatic heterocycles. The zero-order valence-electron chi connectivity index (χ0n) is 19.9. The topological polar surface area (TPSA) is 118 Å². The van der Waals surface area contributed by atoms with Gasteiger partial charge in [-0.3, -0.25) is 4.79 Å². The van der Waals surface area contributed by atoms with E-state index in [9.17, 15) is 4.79 Å². The van der Waals surface area contributed by atoms with E-state index in [1.54, 1.807) is 19.3 Å². The third-order valence-corrected chi connectivity index (χ3v) is 6.77. The van der Waals surface area contributed by atoms with Crippen LogP contribution in [-0.4, -0.2) is 58.9 Å². The largest absolute Gasteiger partial charge is 0.436 e. The van der Waals surface area contributed by atoms with Crippen molar-refractivity contribution < 1.29 is 13.9 Å². The Morgan fingerprint density at radius 1 is 1.20 bits per heavy atom. The maximum atomic E-state index is 12.5. The van der Waals surface area contributed by atoms with Crippen molar-refractivity contribution >= 4 is 45.2 Å². The molecule has 3 atom stereocenters. The van der Waals surface area contributed by atoms with Gasteiger partial charge in [0.1, 0.15) is 11.0 Å². The minimum absolute atomic E-state index is 0.0255. The van der Waals surface area contributed by atoms with Crippen LogP contribution in [0.1, 0.15) is 20.3 Å². The molecule has 180 valence electrons. The van der Waals surface area contributed by atoms with E-state index in [1.165, 1.54) is 0 Å².